The minimum Gasteiger partial charge on any atom is -0.481 e. The van der Waals surface area contributed by atoms with E-state index in [2.05, 4.69) is 10.6 Å². The number of hydrogen-bond donors (Lipinski definition) is 3. The predicted molar refractivity (Wildman–Crippen MR) is 66.4 cm³/mol. The van der Waals surface area contributed by atoms with Crippen LogP contribution in [0, 0.1) is 11.8 Å². The van der Waals surface area contributed by atoms with Crippen molar-refractivity contribution in [3.8, 4) is 0 Å². The topological polar surface area (TPSA) is 87.7 Å². The third-order valence-corrected chi connectivity index (χ3v) is 3.24. The van der Waals surface area contributed by atoms with Crippen LogP contribution in [0.5, 0.6) is 0 Å². The van der Waals surface area contributed by atoms with Gasteiger partial charge in [0.05, 0.1) is 5.92 Å². The molecule has 1 fully saturated rings. The van der Waals surface area contributed by atoms with Crippen molar-refractivity contribution in [2.45, 2.75) is 26.2 Å². The van der Waals surface area contributed by atoms with E-state index in [0.29, 0.717) is 18.9 Å². The molecule has 104 valence electrons. The summed E-state index contributed by atoms with van der Waals surface area (Å²) in [5, 5.41) is 14.2. The van der Waals surface area contributed by atoms with Gasteiger partial charge in [-0.05, 0) is 25.2 Å². The Balaban J connectivity index is 2.14. The lowest BCUT2D eigenvalue weighted by molar-refractivity contribution is -0.141. The molecule has 0 aromatic carbocycles. The summed E-state index contributed by atoms with van der Waals surface area (Å²) in [5.41, 5.74) is 0. The Hall–Kier alpha value is -1.30. The lowest BCUT2D eigenvalue weighted by Crippen LogP contribution is -2.42. The highest BCUT2D eigenvalue weighted by molar-refractivity contribution is 5.75. The molecule has 1 unspecified atom stereocenters. The summed E-state index contributed by atoms with van der Waals surface area (Å²) < 4.78 is 5.23. The fourth-order valence-electron chi connectivity index (χ4n) is 1.87. The van der Waals surface area contributed by atoms with Crippen LogP contribution in [-0.4, -0.2) is 43.4 Å². The first-order valence-corrected chi connectivity index (χ1v) is 6.45. The first-order valence-electron chi connectivity index (χ1n) is 6.45. The highest BCUT2D eigenvalue weighted by Crippen LogP contribution is 2.12. The summed E-state index contributed by atoms with van der Waals surface area (Å²) in [4.78, 5) is 22.2. The molecule has 1 heterocycles. The van der Waals surface area contributed by atoms with Crippen molar-refractivity contribution in [3.63, 3.8) is 0 Å². The molecule has 0 spiro atoms. The standard InChI is InChI=1S/C12H22N2O4/c1-2-10(11(15)16)8-14-12(17)13-7-9-3-5-18-6-4-9/h9-10H,2-8H2,1H3,(H,15,16)(H2,13,14,17). The molecule has 6 heteroatoms. The van der Waals surface area contributed by atoms with Crippen molar-refractivity contribution < 1.29 is 19.4 Å². The largest absolute Gasteiger partial charge is 0.481 e. The van der Waals surface area contributed by atoms with Crippen molar-refractivity contribution in [2.24, 2.45) is 11.8 Å². The lowest BCUT2D eigenvalue weighted by Gasteiger charge is -2.22. The number of carboxylic acids is 1. The number of hydrogen-bond acceptors (Lipinski definition) is 3. The second kappa shape index (κ2) is 7.92. The van der Waals surface area contributed by atoms with Gasteiger partial charge in [-0.15, -0.1) is 0 Å². The van der Waals surface area contributed by atoms with E-state index in [1.165, 1.54) is 0 Å². The maximum atomic E-state index is 11.5. The molecule has 3 N–H and O–H groups in total. The third-order valence-electron chi connectivity index (χ3n) is 3.24. The third kappa shape index (κ3) is 5.35. The van der Waals surface area contributed by atoms with Crippen LogP contribution in [0.1, 0.15) is 26.2 Å². The second-order valence-electron chi connectivity index (χ2n) is 4.59. The van der Waals surface area contributed by atoms with Crippen molar-refractivity contribution in [2.75, 3.05) is 26.3 Å². The van der Waals surface area contributed by atoms with E-state index in [9.17, 15) is 9.59 Å². The van der Waals surface area contributed by atoms with Gasteiger partial charge in [-0.1, -0.05) is 6.92 Å². The summed E-state index contributed by atoms with van der Waals surface area (Å²) >= 11 is 0. The number of carbonyl (C=O) groups is 2. The fourth-order valence-corrected chi connectivity index (χ4v) is 1.87. The van der Waals surface area contributed by atoms with E-state index in [-0.39, 0.29) is 12.6 Å². The normalized spacial score (nSPS) is 18.1. The first-order chi connectivity index (χ1) is 8.63. The Morgan fingerprint density at radius 2 is 2.00 bits per heavy atom. The summed E-state index contributed by atoms with van der Waals surface area (Å²) in [7, 11) is 0. The van der Waals surface area contributed by atoms with Gasteiger partial charge >= 0.3 is 12.0 Å². The second-order valence-corrected chi connectivity index (χ2v) is 4.59. The number of ether oxygens (including phenoxy) is 1. The molecule has 0 radical (unpaired) electrons. The van der Waals surface area contributed by atoms with Crippen LogP contribution >= 0.6 is 0 Å². The lowest BCUT2D eigenvalue weighted by atomic mass is 10.0. The molecule has 0 aromatic heterocycles. The summed E-state index contributed by atoms with van der Waals surface area (Å²) in [6.07, 6.45) is 2.44. The van der Waals surface area contributed by atoms with Gasteiger partial charge in [0.2, 0.25) is 0 Å². The number of carbonyl (C=O) groups excluding carboxylic acids is 1. The van der Waals surface area contributed by atoms with Crippen LogP contribution in [0.2, 0.25) is 0 Å². The van der Waals surface area contributed by atoms with Crippen LogP contribution in [0.25, 0.3) is 0 Å². The molecular weight excluding hydrogens is 236 g/mol. The summed E-state index contributed by atoms with van der Waals surface area (Å²) in [6, 6.07) is -0.291. The van der Waals surface area contributed by atoms with Crippen molar-refractivity contribution >= 4 is 12.0 Å². The van der Waals surface area contributed by atoms with Crippen LogP contribution < -0.4 is 10.6 Å². The molecule has 1 aliphatic heterocycles. The van der Waals surface area contributed by atoms with E-state index < -0.39 is 11.9 Å². The van der Waals surface area contributed by atoms with Gasteiger partial charge in [-0.3, -0.25) is 4.79 Å². The van der Waals surface area contributed by atoms with E-state index in [1.807, 2.05) is 0 Å². The van der Waals surface area contributed by atoms with Crippen molar-refractivity contribution in [1.29, 1.82) is 0 Å². The zero-order chi connectivity index (χ0) is 13.4. The molecule has 0 bridgehead atoms. The average Bonchev–Trinajstić information content (AvgIpc) is 2.38. The molecule has 1 rings (SSSR count). The van der Waals surface area contributed by atoms with Gasteiger partial charge in [0.25, 0.3) is 0 Å². The Labute approximate surface area is 107 Å². The number of urea groups is 1. The number of carboxylic acid groups (broad SMARTS) is 1. The maximum absolute atomic E-state index is 11.5. The summed E-state index contributed by atoms with van der Waals surface area (Å²) in [6.45, 7) is 4.10. The van der Waals surface area contributed by atoms with Crippen LogP contribution in [0.4, 0.5) is 4.79 Å². The smallest absolute Gasteiger partial charge is 0.314 e. The molecule has 1 aliphatic rings. The van der Waals surface area contributed by atoms with Gasteiger partial charge in [-0.25, -0.2) is 4.79 Å². The highest BCUT2D eigenvalue weighted by Gasteiger charge is 2.17. The molecule has 2 amide bonds. The number of nitrogens with one attached hydrogen (secondary N) is 2. The average molecular weight is 258 g/mol. The highest BCUT2D eigenvalue weighted by atomic mass is 16.5. The number of aliphatic carboxylic acids is 1. The van der Waals surface area contributed by atoms with Crippen LogP contribution in [-0.2, 0) is 9.53 Å². The summed E-state index contributed by atoms with van der Waals surface area (Å²) in [5.74, 6) is -0.924. The zero-order valence-corrected chi connectivity index (χ0v) is 10.8. The molecular formula is C12H22N2O4. The molecule has 0 saturated carbocycles. The van der Waals surface area contributed by atoms with Gasteiger partial charge < -0.3 is 20.5 Å². The Morgan fingerprint density at radius 3 is 2.56 bits per heavy atom. The van der Waals surface area contributed by atoms with E-state index in [1.54, 1.807) is 6.92 Å². The first kappa shape index (κ1) is 14.8. The van der Waals surface area contributed by atoms with E-state index >= 15 is 0 Å². The van der Waals surface area contributed by atoms with Crippen molar-refractivity contribution in [1.82, 2.24) is 10.6 Å². The maximum Gasteiger partial charge on any atom is 0.314 e. The molecule has 0 aliphatic carbocycles. The Kier molecular flexibility index (Phi) is 6.49. The molecule has 18 heavy (non-hydrogen) atoms. The van der Waals surface area contributed by atoms with E-state index in [4.69, 9.17) is 9.84 Å². The van der Waals surface area contributed by atoms with Gasteiger partial charge in [0.1, 0.15) is 0 Å². The molecule has 1 atom stereocenters. The van der Waals surface area contributed by atoms with Crippen LogP contribution in [0.15, 0.2) is 0 Å². The van der Waals surface area contributed by atoms with Gasteiger partial charge in [0, 0.05) is 26.3 Å². The number of amides is 2. The minimum absolute atomic E-state index is 0.172. The van der Waals surface area contributed by atoms with Crippen LogP contribution in [0.3, 0.4) is 0 Å². The minimum atomic E-state index is -0.873. The Bertz CT molecular complexity index is 277. The molecule has 0 aromatic rings. The number of rotatable bonds is 6. The molecule has 1 saturated heterocycles. The van der Waals surface area contributed by atoms with Gasteiger partial charge in [-0.2, -0.15) is 0 Å². The quantitative estimate of drug-likeness (QED) is 0.658. The SMILES string of the molecule is CCC(CNC(=O)NCC1CCOCC1)C(=O)O. The van der Waals surface area contributed by atoms with Crippen molar-refractivity contribution in [3.05, 3.63) is 0 Å². The fraction of sp³-hybridized carbons (Fsp3) is 0.833. The monoisotopic (exact) mass is 258 g/mol. The zero-order valence-electron chi connectivity index (χ0n) is 10.8. The van der Waals surface area contributed by atoms with E-state index in [0.717, 1.165) is 26.1 Å². The molecule has 6 nitrogen and oxygen atoms in total. The predicted octanol–water partition coefficient (Wildman–Crippen LogP) is 0.823. The Morgan fingerprint density at radius 1 is 1.33 bits per heavy atom. The van der Waals surface area contributed by atoms with Gasteiger partial charge in [0.15, 0.2) is 0 Å².